The Morgan fingerprint density at radius 2 is 1.81 bits per heavy atom. The zero-order chi connectivity index (χ0) is 21.8. The number of carbonyl (C=O) groups is 2. The number of ether oxygens (including phenoxy) is 1. The minimum absolute atomic E-state index is 0.191. The van der Waals surface area contributed by atoms with Gasteiger partial charge < -0.3 is 15.8 Å². The number of primary amides is 1. The number of anilines is 1. The molecule has 3 aromatic carbocycles. The highest BCUT2D eigenvalue weighted by Gasteiger charge is 2.11. The minimum atomic E-state index is -0.586. The molecule has 1 heterocycles. The van der Waals surface area contributed by atoms with Crippen LogP contribution in [-0.4, -0.2) is 16.8 Å². The second-order valence-corrected chi connectivity index (χ2v) is 7.29. The minimum Gasteiger partial charge on any atom is -0.489 e. The van der Waals surface area contributed by atoms with Gasteiger partial charge >= 0.3 is 0 Å². The Labute approximate surface area is 183 Å². The summed E-state index contributed by atoms with van der Waals surface area (Å²) in [5, 5.41) is 5.16. The average Bonchev–Trinajstić information content (AvgIpc) is 2.78. The van der Waals surface area contributed by atoms with Gasteiger partial charge in [-0.15, -0.1) is 0 Å². The molecule has 31 heavy (non-hydrogen) atoms. The fourth-order valence-electron chi connectivity index (χ4n) is 3.15. The van der Waals surface area contributed by atoms with Gasteiger partial charge in [-0.25, -0.2) is 0 Å². The van der Waals surface area contributed by atoms with Crippen LogP contribution in [-0.2, 0) is 6.61 Å². The van der Waals surface area contributed by atoms with E-state index in [1.165, 1.54) is 6.20 Å². The maximum absolute atomic E-state index is 12.8. The quantitative estimate of drug-likeness (QED) is 0.457. The standard InChI is InChI=1S/C24H18ClN3O3/c25-17-4-6-18(7-5-17)28-24(30)21-3-1-2-16-13-19(8-9-20(16)21)31-14-15-10-11-27-22(12-15)23(26)29/h1-13H,14H2,(H2,26,29)(H,28,30). The molecule has 1 aromatic heterocycles. The van der Waals surface area contributed by atoms with Gasteiger partial charge in [-0.05, 0) is 77.0 Å². The number of benzene rings is 3. The summed E-state index contributed by atoms with van der Waals surface area (Å²) in [6.45, 7) is 0.255. The Balaban J connectivity index is 1.52. The van der Waals surface area contributed by atoms with E-state index in [1.807, 2.05) is 24.3 Å². The third kappa shape index (κ3) is 4.82. The molecule has 154 valence electrons. The first-order valence-electron chi connectivity index (χ1n) is 9.47. The molecule has 0 unspecified atom stereocenters. The lowest BCUT2D eigenvalue weighted by atomic mass is 10.0. The van der Waals surface area contributed by atoms with Gasteiger partial charge in [-0.3, -0.25) is 14.6 Å². The lowest BCUT2D eigenvalue weighted by Gasteiger charge is -2.11. The van der Waals surface area contributed by atoms with Crippen LogP contribution in [0.25, 0.3) is 10.8 Å². The van der Waals surface area contributed by atoms with Crippen molar-refractivity contribution in [3.8, 4) is 5.75 Å². The van der Waals surface area contributed by atoms with Gasteiger partial charge in [0, 0.05) is 22.5 Å². The van der Waals surface area contributed by atoms with Crippen molar-refractivity contribution in [2.75, 3.05) is 5.32 Å². The van der Waals surface area contributed by atoms with Crippen LogP contribution in [0.5, 0.6) is 5.75 Å². The zero-order valence-electron chi connectivity index (χ0n) is 16.3. The van der Waals surface area contributed by atoms with Crippen LogP contribution < -0.4 is 15.8 Å². The lowest BCUT2D eigenvalue weighted by molar-refractivity contribution is 0.0993. The van der Waals surface area contributed by atoms with E-state index in [1.54, 1.807) is 48.5 Å². The summed E-state index contributed by atoms with van der Waals surface area (Å²) >= 11 is 5.90. The van der Waals surface area contributed by atoms with E-state index in [0.29, 0.717) is 22.0 Å². The maximum Gasteiger partial charge on any atom is 0.267 e. The van der Waals surface area contributed by atoms with Crippen molar-refractivity contribution < 1.29 is 14.3 Å². The monoisotopic (exact) mass is 431 g/mol. The molecule has 4 aromatic rings. The highest BCUT2D eigenvalue weighted by Crippen LogP contribution is 2.25. The van der Waals surface area contributed by atoms with Crippen molar-refractivity contribution in [3.63, 3.8) is 0 Å². The van der Waals surface area contributed by atoms with Crippen LogP contribution in [0.1, 0.15) is 26.4 Å². The Bertz CT molecular complexity index is 1270. The predicted molar refractivity (Wildman–Crippen MR) is 120 cm³/mol. The summed E-state index contributed by atoms with van der Waals surface area (Å²) < 4.78 is 5.85. The lowest BCUT2D eigenvalue weighted by Crippen LogP contribution is -2.13. The number of hydrogen-bond acceptors (Lipinski definition) is 4. The summed E-state index contributed by atoms with van der Waals surface area (Å²) in [5.74, 6) is -0.158. The molecular weight excluding hydrogens is 414 g/mol. The highest BCUT2D eigenvalue weighted by atomic mass is 35.5. The van der Waals surface area contributed by atoms with Gasteiger partial charge in [0.25, 0.3) is 11.8 Å². The van der Waals surface area contributed by atoms with E-state index in [9.17, 15) is 9.59 Å². The van der Waals surface area contributed by atoms with E-state index < -0.39 is 5.91 Å². The Hall–Kier alpha value is -3.90. The Morgan fingerprint density at radius 1 is 1.00 bits per heavy atom. The molecule has 0 saturated heterocycles. The van der Waals surface area contributed by atoms with Gasteiger partial charge in [0.15, 0.2) is 0 Å². The van der Waals surface area contributed by atoms with Crippen LogP contribution in [0.2, 0.25) is 5.02 Å². The average molecular weight is 432 g/mol. The number of nitrogens with two attached hydrogens (primary N) is 1. The maximum atomic E-state index is 12.8. The molecule has 0 aliphatic rings. The smallest absolute Gasteiger partial charge is 0.267 e. The van der Waals surface area contributed by atoms with Gasteiger partial charge in [0.1, 0.15) is 18.1 Å². The van der Waals surface area contributed by atoms with Crippen LogP contribution >= 0.6 is 11.6 Å². The number of hydrogen-bond donors (Lipinski definition) is 2. The molecule has 0 bridgehead atoms. The van der Waals surface area contributed by atoms with Crippen molar-refractivity contribution in [1.29, 1.82) is 0 Å². The van der Waals surface area contributed by atoms with Crippen molar-refractivity contribution >= 4 is 39.9 Å². The fraction of sp³-hybridized carbons (Fsp3) is 0.0417. The van der Waals surface area contributed by atoms with E-state index >= 15 is 0 Å². The summed E-state index contributed by atoms with van der Waals surface area (Å²) in [5.41, 5.74) is 7.45. The third-order valence-corrected chi connectivity index (χ3v) is 4.93. The first-order valence-corrected chi connectivity index (χ1v) is 9.84. The third-order valence-electron chi connectivity index (χ3n) is 4.68. The molecule has 2 amide bonds. The van der Waals surface area contributed by atoms with Crippen molar-refractivity contribution in [2.24, 2.45) is 5.73 Å². The summed E-state index contributed by atoms with van der Waals surface area (Å²) in [6.07, 6.45) is 1.52. The molecular formula is C24H18ClN3O3. The highest BCUT2D eigenvalue weighted by molar-refractivity contribution is 6.30. The van der Waals surface area contributed by atoms with Crippen molar-refractivity contribution in [3.05, 3.63) is 101 Å². The largest absolute Gasteiger partial charge is 0.489 e. The van der Waals surface area contributed by atoms with Gasteiger partial charge in [0.2, 0.25) is 0 Å². The Kier molecular flexibility index (Phi) is 5.82. The molecule has 0 radical (unpaired) electrons. The number of amides is 2. The Morgan fingerprint density at radius 3 is 2.58 bits per heavy atom. The van der Waals surface area contributed by atoms with Crippen LogP contribution in [0, 0.1) is 0 Å². The molecule has 0 aliphatic heterocycles. The molecule has 0 atom stereocenters. The number of halogens is 1. The van der Waals surface area contributed by atoms with Crippen molar-refractivity contribution in [2.45, 2.75) is 6.61 Å². The predicted octanol–water partition coefficient (Wildman–Crippen LogP) is 4.82. The molecule has 0 aliphatic carbocycles. The number of carbonyl (C=O) groups excluding carboxylic acids is 2. The van der Waals surface area contributed by atoms with Crippen LogP contribution in [0.15, 0.2) is 79.0 Å². The number of rotatable bonds is 6. The molecule has 3 N–H and O–H groups in total. The number of nitrogens with zero attached hydrogens (tertiary/aromatic N) is 1. The van der Waals surface area contributed by atoms with Crippen molar-refractivity contribution in [1.82, 2.24) is 4.98 Å². The van der Waals surface area contributed by atoms with E-state index in [2.05, 4.69) is 10.3 Å². The second-order valence-electron chi connectivity index (χ2n) is 6.85. The first-order chi connectivity index (χ1) is 15.0. The molecule has 0 spiro atoms. The fourth-order valence-corrected chi connectivity index (χ4v) is 3.27. The normalized spacial score (nSPS) is 10.6. The number of aromatic nitrogens is 1. The van der Waals surface area contributed by atoms with E-state index in [-0.39, 0.29) is 18.2 Å². The molecule has 4 rings (SSSR count). The second kappa shape index (κ2) is 8.85. The number of pyridine rings is 1. The van der Waals surface area contributed by atoms with Gasteiger partial charge in [-0.1, -0.05) is 23.7 Å². The topological polar surface area (TPSA) is 94.3 Å². The molecule has 0 saturated carbocycles. The summed E-state index contributed by atoms with van der Waals surface area (Å²) in [6, 6.07) is 21.3. The number of fused-ring (bicyclic) bond motifs is 1. The summed E-state index contributed by atoms with van der Waals surface area (Å²) in [4.78, 5) is 28.0. The van der Waals surface area contributed by atoms with Gasteiger partial charge in [-0.2, -0.15) is 0 Å². The van der Waals surface area contributed by atoms with E-state index in [0.717, 1.165) is 16.3 Å². The van der Waals surface area contributed by atoms with Gasteiger partial charge in [0.05, 0.1) is 0 Å². The van der Waals surface area contributed by atoms with Crippen LogP contribution in [0.3, 0.4) is 0 Å². The SMILES string of the molecule is NC(=O)c1cc(COc2ccc3c(C(=O)Nc4ccc(Cl)cc4)cccc3c2)ccn1. The summed E-state index contributed by atoms with van der Waals surface area (Å²) in [7, 11) is 0. The molecule has 7 heteroatoms. The van der Waals surface area contributed by atoms with E-state index in [4.69, 9.17) is 22.1 Å². The van der Waals surface area contributed by atoms with Crippen LogP contribution in [0.4, 0.5) is 5.69 Å². The molecule has 0 fully saturated rings. The zero-order valence-corrected chi connectivity index (χ0v) is 17.1. The number of nitrogens with one attached hydrogen (secondary N) is 1. The first kappa shape index (κ1) is 20.4. The molecule has 6 nitrogen and oxygen atoms in total.